The summed E-state index contributed by atoms with van der Waals surface area (Å²) < 4.78 is 1.19. The summed E-state index contributed by atoms with van der Waals surface area (Å²) in [5.41, 5.74) is 10.3. The van der Waals surface area contributed by atoms with Crippen molar-refractivity contribution < 1.29 is 9.59 Å². The number of amides is 1. The van der Waals surface area contributed by atoms with Gasteiger partial charge < -0.3 is 21.4 Å². The first-order chi connectivity index (χ1) is 12.5. The normalized spacial score (nSPS) is 12.2. The molecule has 0 aromatic carbocycles. The van der Waals surface area contributed by atoms with E-state index in [0.29, 0.717) is 24.4 Å². The number of hydrogen-bond acceptors (Lipinski definition) is 7. The van der Waals surface area contributed by atoms with Gasteiger partial charge in [-0.2, -0.15) is 0 Å². The summed E-state index contributed by atoms with van der Waals surface area (Å²) in [6.45, 7) is 0.217. The van der Waals surface area contributed by atoms with Crippen molar-refractivity contribution in [3.05, 3.63) is 45.3 Å². The number of pyridine rings is 1. The molecule has 1 amide bonds. The number of Topliss-reactive ketones (excluding diaryl/α,β-unsaturated/α-hetero) is 1. The Morgan fingerprint density at radius 3 is 2.96 bits per heavy atom. The van der Waals surface area contributed by atoms with E-state index >= 15 is 0 Å². The van der Waals surface area contributed by atoms with Crippen LogP contribution in [0.15, 0.2) is 39.7 Å². The summed E-state index contributed by atoms with van der Waals surface area (Å²) in [5, 5.41) is 4.68. The summed E-state index contributed by atoms with van der Waals surface area (Å²) >= 11 is 1.21. The highest BCUT2D eigenvalue weighted by atomic mass is 32.1. The number of nitrogen functional groups attached to an aromatic ring is 1. The fourth-order valence-electron chi connectivity index (χ4n) is 2.30. The van der Waals surface area contributed by atoms with Crippen LogP contribution in [0.4, 0.5) is 5.69 Å². The van der Waals surface area contributed by atoms with Gasteiger partial charge in [0.2, 0.25) is 11.7 Å². The highest BCUT2D eigenvalue weighted by molar-refractivity contribution is 7.11. The highest BCUT2D eigenvalue weighted by Gasteiger charge is 2.23. The molecule has 0 saturated heterocycles. The molecular weight excluding hydrogens is 356 g/mol. The van der Waals surface area contributed by atoms with Crippen LogP contribution in [0.3, 0.4) is 0 Å². The molecule has 2 heterocycles. The fraction of sp³-hybridized carbons (Fsp3) is 0.312. The van der Waals surface area contributed by atoms with Crippen molar-refractivity contribution in [1.29, 1.82) is 0 Å². The molecule has 0 radical (unpaired) electrons. The monoisotopic (exact) mass is 376 g/mol. The van der Waals surface area contributed by atoms with Crippen LogP contribution in [0.1, 0.15) is 22.6 Å². The molecule has 2 aromatic rings. The lowest BCUT2D eigenvalue weighted by atomic mass is 10.1. The number of hydrogen-bond donors (Lipinski definition) is 3. The largest absolute Gasteiger partial charge is 0.394 e. The minimum atomic E-state index is -0.751. The van der Waals surface area contributed by atoms with E-state index in [1.165, 1.54) is 40.7 Å². The van der Waals surface area contributed by atoms with Gasteiger partial charge in [0.25, 0.3) is 5.56 Å². The van der Waals surface area contributed by atoms with Crippen molar-refractivity contribution in [1.82, 2.24) is 14.9 Å². The van der Waals surface area contributed by atoms with Gasteiger partial charge in [-0.05, 0) is 25.0 Å². The zero-order valence-corrected chi connectivity index (χ0v) is 14.8. The van der Waals surface area contributed by atoms with Crippen molar-refractivity contribution in [3.8, 4) is 0 Å². The van der Waals surface area contributed by atoms with E-state index < -0.39 is 17.5 Å². The van der Waals surface area contributed by atoms with Crippen molar-refractivity contribution in [2.45, 2.75) is 25.4 Å². The van der Waals surface area contributed by atoms with Gasteiger partial charge in [-0.15, -0.1) is 11.3 Å². The molecule has 10 heteroatoms. The highest BCUT2D eigenvalue weighted by Crippen LogP contribution is 2.11. The number of aliphatic imine (C=N–C) groups is 1. The molecule has 0 bridgehead atoms. The second-order valence-corrected chi connectivity index (χ2v) is 6.31. The number of aromatic nitrogens is 2. The smallest absolute Gasteiger partial charge is 0.274 e. The van der Waals surface area contributed by atoms with Crippen LogP contribution in [0, 0.1) is 0 Å². The van der Waals surface area contributed by atoms with Crippen LogP contribution in [0.5, 0.6) is 0 Å². The average Bonchev–Trinajstić information content (AvgIpc) is 3.15. The molecule has 0 spiro atoms. The maximum Gasteiger partial charge on any atom is 0.274 e. The van der Waals surface area contributed by atoms with Crippen LogP contribution < -0.4 is 22.3 Å². The van der Waals surface area contributed by atoms with Crippen LogP contribution >= 0.6 is 11.3 Å². The van der Waals surface area contributed by atoms with Crippen molar-refractivity contribution in [2.24, 2.45) is 10.7 Å². The molecule has 0 aliphatic rings. The van der Waals surface area contributed by atoms with Crippen LogP contribution in [0.25, 0.3) is 0 Å². The lowest BCUT2D eigenvalue weighted by Crippen LogP contribution is -2.43. The molecule has 0 unspecified atom stereocenters. The zero-order valence-electron chi connectivity index (χ0n) is 14.0. The third kappa shape index (κ3) is 5.24. The van der Waals surface area contributed by atoms with Crippen molar-refractivity contribution in [2.75, 3.05) is 12.3 Å². The molecule has 0 aliphatic carbocycles. The van der Waals surface area contributed by atoms with Crippen LogP contribution in [-0.4, -0.2) is 40.2 Å². The Morgan fingerprint density at radius 1 is 1.46 bits per heavy atom. The Bertz CT molecular complexity index is 831. The SMILES string of the molecule is NC=NCCC[C@H](NC(=O)Cn1cccc(N)c1=O)C(=O)c1nccs1. The molecular formula is C16H20N6O3S. The quantitative estimate of drug-likeness (QED) is 0.243. The molecule has 0 saturated carbocycles. The summed E-state index contributed by atoms with van der Waals surface area (Å²) in [7, 11) is 0. The van der Waals surface area contributed by atoms with E-state index in [1.807, 2.05) is 0 Å². The van der Waals surface area contributed by atoms with Crippen LogP contribution in [-0.2, 0) is 11.3 Å². The summed E-state index contributed by atoms with van der Waals surface area (Å²) in [6.07, 6.45) is 5.14. The zero-order chi connectivity index (χ0) is 18.9. The van der Waals surface area contributed by atoms with Gasteiger partial charge in [0.15, 0.2) is 5.01 Å². The first kappa shape index (κ1) is 19.3. The number of carbonyl (C=O) groups is 2. The van der Waals surface area contributed by atoms with E-state index in [4.69, 9.17) is 11.5 Å². The number of carbonyl (C=O) groups excluding carboxylic acids is 2. The van der Waals surface area contributed by atoms with Gasteiger partial charge in [-0.3, -0.25) is 19.4 Å². The molecule has 9 nitrogen and oxygen atoms in total. The lowest BCUT2D eigenvalue weighted by molar-refractivity contribution is -0.122. The number of rotatable bonds is 9. The van der Waals surface area contributed by atoms with E-state index in [2.05, 4.69) is 15.3 Å². The molecule has 26 heavy (non-hydrogen) atoms. The molecule has 1 atom stereocenters. The Kier molecular flexibility index (Phi) is 7.03. The van der Waals surface area contributed by atoms with Crippen molar-refractivity contribution >= 4 is 35.1 Å². The summed E-state index contributed by atoms with van der Waals surface area (Å²) in [4.78, 5) is 44.7. The topological polar surface area (TPSA) is 145 Å². The van der Waals surface area contributed by atoms with Gasteiger partial charge in [-0.25, -0.2) is 4.98 Å². The Balaban J connectivity index is 2.06. The predicted octanol–water partition coefficient (Wildman–Crippen LogP) is 0.0219. The van der Waals surface area contributed by atoms with E-state index in [-0.39, 0.29) is 18.0 Å². The number of thiazole rings is 1. The molecule has 0 fully saturated rings. The van der Waals surface area contributed by atoms with Gasteiger partial charge >= 0.3 is 0 Å². The average molecular weight is 376 g/mol. The number of nitrogens with two attached hydrogens (primary N) is 2. The maximum atomic E-state index is 12.6. The van der Waals surface area contributed by atoms with Crippen molar-refractivity contribution in [3.63, 3.8) is 0 Å². The Hall–Kier alpha value is -3.01. The molecule has 2 rings (SSSR count). The number of nitrogens with zero attached hydrogens (tertiary/aromatic N) is 3. The Labute approximate surface area is 153 Å². The fourth-order valence-corrected chi connectivity index (χ4v) is 2.93. The first-order valence-corrected chi connectivity index (χ1v) is 8.79. The maximum absolute atomic E-state index is 12.6. The second kappa shape index (κ2) is 9.47. The minimum absolute atomic E-state index is 0.0513. The van der Waals surface area contributed by atoms with Gasteiger partial charge in [0, 0.05) is 24.3 Å². The lowest BCUT2D eigenvalue weighted by Gasteiger charge is -2.17. The number of ketones is 1. The number of anilines is 1. The minimum Gasteiger partial charge on any atom is -0.394 e. The second-order valence-electron chi connectivity index (χ2n) is 5.42. The van der Waals surface area contributed by atoms with E-state index in [1.54, 1.807) is 11.4 Å². The number of nitrogens with one attached hydrogen (secondary N) is 1. The van der Waals surface area contributed by atoms with Gasteiger partial charge in [-0.1, -0.05) is 0 Å². The van der Waals surface area contributed by atoms with Gasteiger partial charge in [0.05, 0.1) is 18.1 Å². The third-order valence-electron chi connectivity index (χ3n) is 3.54. The van der Waals surface area contributed by atoms with E-state index in [9.17, 15) is 14.4 Å². The van der Waals surface area contributed by atoms with E-state index in [0.717, 1.165) is 0 Å². The molecule has 0 aliphatic heterocycles. The first-order valence-electron chi connectivity index (χ1n) is 7.91. The third-order valence-corrected chi connectivity index (χ3v) is 4.33. The predicted molar refractivity (Wildman–Crippen MR) is 100 cm³/mol. The molecule has 138 valence electrons. The standard InChI is InChI=1S/C16H20N6O3S/c17-10-19-5-1-4-12(14(24)15-20-6-8-26-15)21-13(23)9-22-7-2-3-11(18)16(22)25/h2-3,6-8,10,12H,1,4-5,9,18H2,(H2,17,19)(H,21,23)/t12-/m0/s1. The Morgan fingerprint density at radius 2 is 2.27 bits per heavy atom. The molecule has 2 aromatic heterocycles. The summed E-state index contributed by atoms with van der Waals surface area (Å²) in [5.74, 6) is -0.736. The summed E-state index contributed by atoms with van der Waals surface area (Å²) in [6, 6.07) is 2.29. The van der Waals surface area contributed by atoms with Gasteiger partial charge in [0.1, 0.15) is 6.54 Å². The molecule has 5 N–H and O–H groups in total. The van der Waals surface area contributed by atoms with Crippen LogP contribution in [0.2, 0.25) is 0 Å².